The molecule has 2 aromatic carbocycles. The molecule has 118 valence electrons. The highest BCUT2D eigenvalue weighted by Gasteiger charge is 2.16. The molecule has 1 aliphatic rings. The van der Waals surface area contributed by atoms with Crippen molar-refractivity contribution in [2.45, 2.75) is 25.9 Å². The summed E-state index contributed by atoms with van der Waals surface area (Å²) in [4.78, 5) is 2.51. The summed E-state index contributed by atoms with van der Waals surface area (Å²) in [5, 5.41) is 0.781. The Morgan fingerprint density at radius 2 is 1.78 bits per heavy atom. The highest BCUT2D eigenvalue weighted by atomic mass is 35.5. The fraction of sp³-hybridized carbons (Fsp3) is 0.238. The summed E-state index contributed by atoms with van der Waals surface area (Å²) in [7, 11) is 0. The first kappa shape index (κ1) is 16.0. The normalized spacial score (nSPS) is 18.6. The van der Waals surface area contributed by atoms with Crippen LogP contribution >= 0.6 is 11.6 Å². The van der Waals surface area contributed by atoms with Gasteiger partial charge in [-0.3, -0.25) is 4.90 Å². The van der Waals surface area contributed by atoms with Crippen molar-refractivity contribution in [2.75, 3.05) is 6.54 Å². The van der Waals surface area contributed by atoms with Gasteiger partial charge in [-0.15, -0.1) is 0 Å². The van der Waals surface area contributed by atoms with E-state index in [9.17, 15) is 0 Å². The molecule has 0 N–H and O–H groups in total. The van der Waals surface area contributed by atoms with Crippen LogP contribution in [0.4, 0.5) is 0 Å². The lowest BCUT2D eigenvalue weighted by Crippen LogP contribution is -2.35. The van der Waals surface area contributed by atoms with Gasteiger partial charge < -0.3 is 0 Å². The zero-order chi connectivity index (χ0) is 16.1. The zero-order valence-electron chi connectivity index (χ0n) is 13.5. The SMILES string of the molecule is Cc1ccc(CN2CC=CCC2C=Cc2ccc(Cl)cc2)cc1. The van der Waals surface area contributed by atoms with E-state index in [2.05, 4.69) is 72.5 Å². The molecule has 0 aliphatic carbocycles. The number of hydrogen-bond acceptors (Lipinski definition) is 1. The van der Waals surface area contributed by atoms with Crippen molar-refractivity contribution in [3.8, 4) is 0 Å². The molecule has 0 spiro atoms. The Labute approximate surface area is 143 Å². The maximum Gasteiger partial charge on any atom is 0.0406 e. The molecule has 2 heteroatoms. The minimum atomic E-state index is 0.442. The van der Waals surface area contributed by atoms with Crippen molar-refractivity contribution in [1.82, 2.24) is 4.90 Å². The maximum absolute atomic E-state index is 5.94. The number of aryl methyl sites for hydroxylation is 1. The van der Waals surface area contributed by atoms with E-state index in [-0.39, 0.29) is 0 Å². The van der Waals surface area contributed by atoms with Crippen LogP contribution in [0, 0.1) is 6.92 Å². The predicted octanol–water partition coefficient (Wildman–Crippen LogP) is 5.49. The average Bonchev–Trinajstić information content (AvgIpc) is 2.58. The molecule has 0 aromatic heterocycles. The summed E-state index contributed by atoms with van der Waals surface area (Å²) in [5.41, 5.74) is 3.88. The van der Waals surface area contributed by atoms with Gasteiger partial charge in [0, 0.05) is 24.2 Å². The molecule has 2 aromatic rings. The van der Waals surface area contributed by atoms with E-state index in [0.29, 0.717) is 6.04 Å². The van der Waals surface area contributed by atoms with Crippen LogP contribution in [-0.2, 0) is 6.54 Å². The lowest BCUT2D eigenvalue weighted by molar-refractivity contribution is 0.236. The average molecular weight is 324 g/mol. The number of benzene rings is 2. The minimum absolute atomic E-state index is 0.442. The Morgan fingerprint density at radius 3 is 2.52 bits per heavy atom. The van der Waals surface area contributed by atoms with Gasteiger partial charge in [0.2, 0.25) is 0 Å². The molecule has 0 saturated carbocycles. The van der Waals surface area contributed by atoms with Crippen LogP contribution in [0.1, 0.15) is 23.1 Å². The smallest absolute Gasteiger partial charge is 0.0406 e. The molecular weight excluding hydrogens is 302 g/mol. The van der Waals surface area contributed by atoms with Crippen molar-refractivity contribution in [1.29, 1.82) is 0 Å². The van der Waals surface area contributed by atoms with E-state index in [0.717, 1.165) is 24.5 Å². The summed E-state index contributed by atoms with van der Waals surface area (Å²) in [5.74, 6) is 0. The first-order valence-corrected chi connectivity index (χ1v) is 8.47. The van der Waals surface area contributed by atoms with E-state index in [1.54, 1.807) is 0 Å². The summed E-state index contributed by atoms with van der Waals surface area (Å²) in [6.07, 6.45) is 10.1. The third-order valence-corrected chi connectivity index (χ3v) is 4.49. The Hall–Kier alpha value is -1.83. The molecular formula is C21H22ClN. The van der Waals surface area contributed by atoms with Crippen molar-refractivity contribution in [3.05, 3.63) is 88.5 Å². The molecule has 1 nitrogen and oxygen atoms in total. The molecule has 0 fully saturated rings. The van der Waals surface area contributed by atoms with Crippen LogP contribution < -0.4 is 0 Å². The lowest BCUT2D eigenvalue weighted by atomic mass is 10.0. The topological polar surface area (TPSA) is 3.24 Å². The lowest BCUT2D eigenvalue weighted by Gasteiger charge is -2.31. The standard InChI is InChI=1S/C21H22ClN/c1-17-5-7-19(8-6-17)16-23-15-3-2-4-21(23)14-11-18-9-12-20(22)13-10-18/h2-3,5-14,21H,4,15-16H2,1H3. The third kappa shape index (κ3) is 4.57. The van der Waals surface area contributed by atoms with Gasteiger partial charge in [-0.25, -0.2) is 0 Å². The summed E-state index contributed by atoms with van der Waals surface area (Å²) in [6.45, 7) is 4.12. The van der Waals surface area contributed by atoms with Crippen LogP contribution in [-0.4, -0.2) is 17.5 Å². The predicted molar refractivity (Wildman–Crippen MR) is 99.6 cm³/mol. The molecule has 1 unspecified atom stereocenters. The quantitative estimate of drug-likeness (QED) is 0.672. The van der Waals surface area contributed by atoms with Gasteiger partial charge in [0.05, 0.1) is 0 Å². The minimum Gasteiger partial charge on any atom is -0.289 e. The number of rotatable bonds is 4. The van der Waals surface area contributed by atoms with Gasteiger partial charge in [0.25, 0.3) is 0 Å². The highest BCUT2D eigenvalue weighted by Crippen LogP contribution is 2.18. The van der Waals surface area contributed by atoms with Crippen molar-refractivity contribution in [3.63, 3.8) is 0 Å². The molecule has 3 rings (SSSR count). The number of hydrogen-bond donors (Lipinski definition) is 0. The Kier molecular flexibility index (Phi) is 5.32. The van der Waals surface area contributed by atoms with Gasteiger partial charge in [-0.05, 0) is 36.6 Å². The Bertz CT molecular complexity index is 683. The van der Waals surface area contributed by atoms with Crippen LogP contribution in [0.25, 0.3) is 6.08 Å². The molecule has 0 radical (unpaired) electrons. The second-order valence-electron chi connectivity index (χ2n) is 6.10. The zero-order valence-corrected chi connectivity index (χ0v) is 14.2. The van der Waals surface area contributed by atoms with Gasteiger partial charge in [-0.1, -0.05) is 77.9 Å². The first-order chi connectivity index (χ1) is 11.2. The molecule has 1 heterocycles. The van der Waals surface area contributed by atoms with Gasteiger partial charge in [-0.2, -0.15) is 0 Å². The molecule has 0 amide bonds. The second-order valence-corrected chi connectivity index (χ2v) is 6.54. The molecule has 1 atom stereocenters. The first-order valence-electron chi connectivity index (χ1n) is 8.09. The van der Waals surface area contributed by atoms with Crippen LogP contribution in [0.5, 0.6) is 0 Å². The van der Waals surface area contributed by atoms with E-state index in [1.165, 1.54) is 16.7 Å². The van der Waals surface area contributed by atoms with Gasteiger partial charge >= 0.3 is 0 Å². The second kappa shape index (κ2) is 7.63. The molecule has 0 bridgehead atoms. The fourth-order valence-electron chi connectivity index (χ4n) is 2.84. The highest BCUT2D eigenvalue weighted by molar-refractivity contribution is 6.30. The van der Waals surface area contributed by atoms with Gasteiger partial charge in [0.1, 0.15) is 0 Å². The maximum atomic E-state index is 5.94. The van der Waals surface area contributed by atoms with E-state index < -0.39 is 0 Å². The van der Waals surface area contributed by atoms with Crippen LogP contribution in [0.3, 0.4) is 0 Å². The summed E-state index contributed by atoms with van der Waals surface area (Å²) >= 11 is 5.94. The fourth-order valence-corrected chi connectivity index (χ4v) is 2.96. The summed E-state index contributed by atoms with van der Waals surface area (Å²) < 4.78 is 0. The van der Waals surface area contributed by atoms with Gasteiger partial charge in [0.15, 0.2) is 0 Å². The largest absolute Gasteiger partial charge is 0.289 e. The molecule has 23 heavy (non-hydrogen) atoms. The van der Waals surface area contributed by atoms with E-state index >= 15 is 0 Å². The summed E-state index contributed by atoms with van der Waals surface area (Å²) in [6, 6.07) is 17.3. The number of halogens is 1. The van der Waals surface area contributed by atoms with Crippen LogP contribution in [0.15, 0.2) is 66.8 Å². The van der Waals surface area contributed by atoms with Crippen molar-refractivity contribution in [2.24, 2.45) is 0 Å². The molecule has 0 saturated heterocycles. The van der Waals surface area contributed by atoms with Crippen molar-refractivity contribution < 1.29 is 0 Å². The third-order valence-electron chi connectivity index (χ3n) is 4.24. The Morgan fingerprint density at radius 1 is 1.04 bits per heavy atom. The van der Waals surface area contributed by atoms with E-state index in [1.807, 2.05) is 12.1 Å². The molecule has 1 aliphatic heterocycles. The van der Waals surface area contributed by atoms with Crippen LogP contribution in [0.2, 0.25) is 5.02 Å². The number of nitrogens with zero attached hydrogens (tertiary/aromatic N) is 1. The van der Waals surface area contributed by atoms with E-state index in [4.69, 9.17) is 11.6 Å². The Balaban J connectivity index is 1.70. The monoisotopic (exact) mass is 323 g/mol. The van der Waals surface area contributed by atoms with Crippen molar-refractivity contribution >= 4 is 17.7 Å².